The highest BCUT2D eigenvalue weighted by atomic mass is 19.1. The summed E-state index contributed by atoms with van der Waals surface area (Å²) < 4.78 is 23.6. The topological polar surface area (TPSA) is 55.8 Å². The first-order valence-electron chi connectivity index (χ1n) is 8.73. The highest BCUT2D eigenvalue weighted by Gasteiger charge is 2.13. The first kappa shape index (κ1) is 20.4. The third-order valence-electron chi connectivity index (χ3n) is 3.73. The number of halogens is 1. The Labute approximate surface area is 158 Å². The number of hydrogen-bond donors (Lipinski definition) is 0. The zero-order valence-electron chi connectivity index (χ0n) is 15.8. The molecule has 0 aliphatic rings. The lowest BCUT2D eigenvalue weighted by Crippen LogP contribution is -2.31. The van der Waals surface area contributed by atoms with Crippen LogP contribution < -0.4 is 4.74 Å². The number of amides is 1. The molecule has 0 aliphatic carbocycles. The first-order chi connectivity index (χ1) is 12.8. The lowest BCUT2D eigenvalue weighted by molar-refractivity contribution is -0.151. The van der Waals surface area contributed by atoms with Crippen molar-refractivity contribution in [2.45, 2.75) is 32.9 Å². The molecule has 2 aromatic carbocycles. The SMILES string of the molecule is CC(C)Oc1cccc(CC(=O)OCC(=O)N(C)Cc2ccc(F)cc2)c1. The van der Waals surface area contributed by atoms with Gasteiger partial charge in [-0.2, -0.15) is 0 Å². The predicted molar refractivity (Wildman–Crippen MR) is 99.7 cm³/mol. The van der Waals surface area contributed by atoms with E-state index in [1.54, 1.807) is 31.3 Å². The molecule has 0 atom stereocenters. The van der Waals surface area contributed by atoms with Gasteiger partial charge in [-0.3, -0.25) is 9.59 Å². The lowest BCUT2D eigenvalue weighted by Gasteiger charge is -2.17. The van der Waals surface area contributed by atoms with Crippen molar-refractivity contribution in [2.75, 3.05) is 13.7 Å². The van der Waals surface area contributed by atoms with Gasteiger partial charge in [0.15, 0.2) is 6.61 Å². The Kier molecular flexibility index (Phi) is 7.34. The van der Waals surface area contributed by atoms with E-state index in [1.165, 1.54) is 17.0 Å². The third kappa shape index (κ3) is 7.09. The van der Waals surface area contributed by atoms with Crippen molar-refractivity contribution in [3.05, 3.63) is 65.5 Å². The van der Waals surface area contributed by atoms with Crippen LogP contribution in [0.1, 0.15) is 25.0 Å². The summed E-state index contributed by atoms with van der Waals surface area (Å²) in [5.41, 5.74) is 1.55. The van der Waals surface area contributed by atoms with Crippen LogP contribution in [-0.4, -0.2) is 36.5 Å². The second kappa shape index (κ2) is 9.71. The van der Waals surface area contributed by atoms with E-state index < -0.39 is 5.97 Å². The highest BCUT2D eigenvalue weighted by Crippen LogP contribution is 2.15. The van der Waals surface area contributed by atoms with Gasteiger partial charge in [0.1, 0.15) is 11.6 Å². The van der Waals surface area contributed by atoms with Gasteiger partial charge in [-0.1, -0.05) is 24.3 Å². The molecule has 0 saturated heterocycles. The minimum atomic E-state index is -0.486. The Bertz CT molecular complexity index is 774. The standard InChI is InChI=1S/C21H24FNO4/c1-15(2)27-19-6-4-5-17(11-19)12-21(25)26-14-20(24)23(3)13-16-7-9-18(22)10-8-16/h4-11,15H,12-14H2,1-3H3. The number of ether oxygens (including phenoxy) is 2. The van der Waals surface area contributed by atoms with E-state index in [4.69, 9.17) is 9.47 Å². The molecule has 6 heteroatoms. The predicted octanol–water partition coefficient (Wildman–Crippen LogP) is 3.36. The summed E-state index contributed by atoms with van der Waals surface area (Å²) in [5.74, 6) is -0.459. The van der Waals surface area contributed by atoms with Crippen molar-refractivity contribution in [2.24, 2.45) is 0 Å². The summed E-state index contributed by atoms with van der Waals surface area (Å²) in [6.45, 7) is 3.83. The molecule has 0 unspecified atom stereocenters. The number of carbonyl (C=O) groups is 2. The molecule has 2 aromatic rings. The van der Waals surface area contributed by atoms with E-state index >= 15 is 0 Å². The van der Waals surface area contributed by atoms with Gasteiger partial charge in [0.2, 0.25) is 0 Å². The Balaban J connectivity index is 1.80. The van der Waals surface area contributed by atoms with Gasteiger partial charge in [-0.05, 0) is 49.2 Å². The first-order valence-corrected chi connectivity index (χ1v) is 8.73. The van der Waals surface area contributed by atoms with Crippen molar-refractivity contribution in [1.29, 1.82) is 0 Å². The van der Waals surface area contributed by atoms with E-state index in [2.05, 4.69) is 0 Å². The maximum atomic E-state index is 12.9. The number of benzene rings is 2. The van der Waals surface area contributed by atoms with Crippen molar-refractivity contribution < 1.29 is 23.5 Å². The Morgan fingerprint density at radius 2 is 1.78 bits per heavy atom. The van der Waals surface area contributed by atoms with Gasteiger partial charge in [-0.25, -0.2) is 4.39 Å². The largest absolute Gasteiger partial charge is 0.491 e. The Hall–Kier alpha value is -2.89. The highest BCUT2D eigenvalue weighted by molar-refractivity contribution is 5.81. The average Bonchev–Trinajstić information content (AvgIpc) is 2.61. The summed E-state index contributed by atoms with van der Waals surface area (Å²) in [5, 5.41) is 0. The molecule has 144 valence electrons. The minimum Gasteiger partial charge on any atom is -0.491 e. The molecule has 1 amide bonds. The number of carbonyl (C=O) groups excluding carboxylic acids is 2. The average molecular weight is 373 g/mol. The monoisotopic (exact) mass is 373 g/mol. The zero-order valence-corrected chi connectivity index (χ0v) is 15.8. The number of likely N-dealkylation sites (N-methyl/N-ethyl adjacent to an activating group) is 1. The summed E-state index contributed by atoms with van der Waals surface area (Å²) in [6.07, 6.45) is 0.103. The van der Waals surface area contributed by atoms with Gasteiger partial charge in [0, 0.05) is 13.6 Å². The van der Waals surface area contributed by atoms with E-state index in [1.807, 2.05) is 26.0 Å². The van der Waals surface area contributed by atoms with Crippen LogP contribution in [0.4, 0.5) is 4.39 Å². The fourth-order valence-electron chi connectivity index (χ4n) is 2.42. The van der Waals surface area contributed by atoms with Gasteiger partial charge in [0.25, 0.3) is 5.91 Å². The van der Waals surface area contributed by atoms with Crippen LogP contribution in [-0.2, 0) is 27.3 Å². The number of esters is 1. The van der Waals surface area contributed by atoms with Gasteiger partial charge < -0.3 is 14.4 Å². The summed E-state index contributed by atoms with van der Waals surface area (Å²) >= 11 is 0. The molecule has 0 fully saturated rings. The number of hydrogen-bond acceptors (Lipinski definition) is 4. The Morgan fingerprint density at radius 3 is 2.44 bits per heavy atom. The molecule has 5 nitrogen and oxygen atoms in total. The zero-order chi connectivity index (χ0) is 19.8. The van der Waals surface area contributed by atoms with E-state index in [-0.39, 0.29) is 30.9 Å². The summed E-state index contributed by atoms with van der Waals surface area (Å²) in [7, 11) is 1.60. The van der Waals surface area contributed by atoms with E-state index in [9.17, 15) is 14.0 Å². The second-order valence-corrected chi connectivity index (χ2v) is 6.53. The quantitative estimate of drug-likeness (QED) is 0.666. The fourth-order valence-corrected chi connectivity index (χ4v) is 2.42. The van der Waals surface area contributed by atoms with Crippen molar-refractivity contribution >= 4 is 11.9 Å². The maximum absolute atomic E-state index is 12.9. The molecule has 0 N–H and O–H groups in total. The van der Waals surface area contributed by atoms with Gasteiger partial charge in [-0.15, -0.1) is 0 Å². The van der Waals surface area contributed by atoms with Crippen LogP contribution in [0.15, 0.2) is 48.5 Å². The van der Waals surface area contributed by atoms with Crippen molar-refractivity contribution in [3.63, 3.8) is 0 Å². The molecule has 0 aromatic heterocycles. The van der Waals surface area contributed by atoms with Crippen LogP contribution in [0.5, 0.6) is 5.75 Å². The molecular formula is C21H24FNO4. The summed E-state index contributed by atoms with van der Waals surface area (Å²) in [4.78, 5) is 25.5. The molecule has 0 heterocycles. The molecule has 27 heavy (non-hydrogen) atoms. The van der Waals surface area contributed by atoms with Gasteiger partial charge in [0.05, 0.1) is 12.5 Å². The van der Waals surface area contributed by atoms with Crippen molar-refractivity contribution in [3.8, 4) is 5.75 Å². The fraction of sp³-hybridized carbons (Fsp3) is 0.333. The van der Waals surface area contributed by atoms with Crippen LogP contribution in [0.2, 0.25) is 0 Å². The normalized spacial score (nSPS) is 10.6. The molecule has 0 aliphatic heterocycles. The molecule has 0 saturated carbocycles. The molecule has 0 spiro atoms. The molecular weight excluding hydrogens is 349 g/mol. The van der Waals surface area contributed by atoms with Crippen molar-refractivity contribution in [1.82, 2.24) is 4.90 Å². The Morgan fingerprint density at radius 1 is 1.07 bits per heavy atom. The number of nitrogens with zero attached hydrogens (tertiary/aromatic N) is 1. The lowest BCUT2D eigenvalue weighted by atomic mass is 10.1. The summed E-state index contributed by atoms with van der Waals surface area (Å²) in [6, 6.07) is 13.1. The second-order valence-electron chi connectivity index (χ2n) is 6.53. The molecule has 0 bridgehead atoms. The van der Waals surface area contributed by atoms with Crippen LogP contribution in [0.25, 0.3) is 0 Å². The van der Waals surface area contributed by atoms with Crippen LogP contribution in [0, 0.1) is 5.82 Å². The smallest absolute Gasteiger partial charge is 0.310 e. The minimum absolute atomic E-state index is 0.0430. The molecule has 2 rings (SSSR count). The van der Waals surface area contributed by atoms with E-state index in [0.717, 1.165) is 11.1 Å². The van der Waals surface area contributed by atoms with Crippen LogP contribution in [0.3, 0.4) is 0 Å². The molecule has 0 radical (unpaired) electrons. The van der Waals surface area contributed by atoms with Gasteiger partial charge >= 0.3 is 5.97 Å². The van der Waals surface area contributed by atoms with Crippen LogP contribution >= 0.6 is 0 Å². The maximum Gasteiger partial charge on any atom is 0.310 e. The van der Waals surface area contributed by atoms with E-state index in [0.29, 0.717) is 12.3 Å². The third-order valence-corrected chi connectivity index (χ3v) is 3.73. The number of rotatable bonds is 8.